The van der Waals surface area contributed by atoms with Crippen LogP contribution < -0.4 is 0 Å². The first-order valence-electron chi connectivity index (χ1n) is 8.39. The summed E-state index contributed by atoms with van der Waals surface area (Å²) in [4.78, 5) is 14.8. The van der Waals surface area contributed by atoms with E-state index in [2.05, 4.69) is 50.9 Å². The van der Waals surface area contributed by atoms with Gasteiger partial charge in [-0.25, -0.2) is 0 Å². The third kappa shape index (κ3) is 3.00. The van der Waals surface area contributed by atoms with Gasteiger partial charge >= 0.3 is 0 Å². The van der Waals surface area contributed by atoms with Gasteiger partial charge in [-0.1, -0.05) is 6.07 Å². The summed E-state index contributed by atoms with van der Waals surface area (Å²) in [7, 11) is 0. The van der Waals surface area contributed by atoms with Gasteiger partial charge in [-0.3, -0.25) is 9.98 Å². The first kappa shape index (κ1) is 16.4. The Balaban J connectivity index is 1.88. The average molecular weight is 365 g/mol. The molecular weight excluding hydrogens is 344 g/mol. The maximum absolute atomic E-state index is 5.08. The van der Waals surface area contributed by atoms with Crippen molar-refractivity contribution in [1.29, 1.82) is 0 Å². The molecule has 25 heavy (non-hydrogen) atoms. The fourth-order valence-corrected chi connectivity index (χ4v) is 5.31. The van der Waals surface area contributed by atoms with E-state index in [0.29, 0.717) is 0 Å². The molecule has 4 heterocycles. The molecule has 4 rings (SSSR count). The predicted molar refractivity (Wildman–Crippen MR) is 110 cm³/mol. The van der Waals surface area contributed by atoms with Crippen LogP contribution in [0, 0.1) is 27.7 Å². The van der Waals surface area contributed by atoms with E-state index in [1.165, 1.54) is 36.2 Å². The number of aliphatic imine (C=N–C) groups is 1. The van der Waals surface area contributed by atoms with E-state index in [0.717, 1.165) is 23.4 Å². The molecule has 0 amide bonds. The molecule has 1 aliphatic heterocycles. The first-order valence-corrected chi connectivity index (χ1v) is 10.0. The highest BCUT2D eigenvalue weighted by Gasteiger charge is 2.25. The van der Waals surface area contributed by atoms with Crippen LogP contribution in [0.25, 0.3) is 11.3 Å². The molecule has 4 heteroatoms. The van der Waals surface area contributed by atoms with Crippen LogP contribution in [0.2, 0.25) is 0 Å². The molecule has 126 valence electrons. The normalized spacial score (nSPS) is 14.3. The maximum Gasteiger partial charge on any atom is 0.0759 e. The van der Waals surface area contributed by atoms with E-state index in [9.17, 15) is 0 Å². The van der Waals surface area contributed by atoms with Crippen LogP contribution in [0.4, 0.5) is 0 Å². The summed E-state index contributed by atoms with van der Waals surface area (Å²) in [5.74, 6) is 0. The number of hydrogen-bond donors (Lipinski definition) is 0. The second kappa shape index (κ2) is 6.36. The fourth-order valence-electron chi connectivity index (χ4n) is 3.44. The third-order valence-corrected chi connectivity index (χ3v) is 6.47. The van der Waals surface area contributed by atoms with E-state index in [1.807, 2.05) is 41.1 Å². The van der Waals surface area contributed by atoms with E-state index in [1.54, 1.807) is 0 Å². The van der Waals surface area contributed by atoms with Gasteiger partial charge < -0.3 is 0 Å². The lowest BCUT2D eigenvalue weighted by Crippen LogP contribution is -1.98. The van der Waals surface area contributed by atoms with Gasteiger partial charge in [-0.05, 0) is 57.0 Å². The van der Waals surface area contributed by atoms with Crippen molar-refractivity contribution in [3.05, 3.63) is 72.9 Å². The number of aryl methyl sites for hydroxylation is 4. The quantitative estimate of drug-likeness (QED) is 0.543. The molecule has 2 nitrogen and oxygen atoms in total. The number of pyridine rings is 1. The van der Waals surface area contributed by atoms with Crippen LogP contribution in [0.5, 0.6) is 0 Å². The monoisotopic (exact) mass is 364 g/mol. The zero-order valence-electron chi connectivity index (χ0n) is 14.9. The van der Waals surface area contributed by atoms with Gasteiger partial charge in [-0.15, -0.1) is 22.7 Å². The van der Waals surface area contributed by atoms with Gasteiger partial charge in [0.25, 0.3) is 0 Å². The lowest BCUT2D eigenvalue weighted by molar-refractivity contribution is 1.30. The summed E-state index contributed by atoms with van der Waals surface area (Å²) >= 11 is 3.71. The summed E-state index contributed by atoms with van der Waals surface area (Å²) in [5, 5.41) is 0. The summed E-state index contributed by atoms with van der Waals surface area (Å²) in [5.41, 5.74) is 7.35. The second-order valence-corrected chi connectivity index (χ2v) is 9.38. The molecule has 0 aromatic carbocycles. The Morgan fingerprint density at radius 2 is 1.60 bits per heavy atom. The lowest BCUT2D eigenvalue weighted by atomic mass is 9.97. The molecule has 3 aromatic heterocycles. The van der Waals surface area contributed by atoms with E-state index in [-0.39, 0.29) is 0 Å². The van der Waals surface area contributed by atoms with E-state index >= 15 is 0 Å². The average Bonchev–Trinajstić information content (AvgIpc) is 3.25. The molecule has 0 saturated carbocycles. The molecule has 0 unspecified atom stereocenters. The zero-order chi connectivity index (χ0) is 17.6. The molecule has 0 radical (unpaired) electrons. The topological polar surface area (TPSA) is 25.2 Å². The Hall–Kier alpha value is -2.04. The minimum absolute atomic E-state index is 0.867. The van der Waals surface area contributed by atoms with Crippen LogP contribution in [-0.2, 0) is 0 Å². The molecule has 0 spiro atoms. The Bertz CT molecular complexity index is 1000. The van der Waals surface area contributed by atoms with E-state index < -0.39 is 0 Å². The van der Waals surface area contributed by atoms with Crippen molar-refractivity contribution in [1.82, 2.24) is 4.98 Å². The Morgan fingerprint density at radius 3 is 2.16 bits per heavy atom. The Morgan fingerprint density at radius 1 is 0.920 bits per heavy atom. The SMILES string of the molecule is Cc1cc(C2=C(c3cc(C)sc3C)N=C(c3cccnc3)C2)c(C)s1. The number of allylic oxidation sites excluding steroid dienone is 1. The van der Waals surface area contributed by atoms with Gasteiger partial charge in [0.05, 0.1) is 11.4 Å². The standard InChI is InChI=1S/C21H20N2S2/c1-12-8-17(14(3)24-12)19-10-20(16-6-5-7-22-11-16)23-21(19)18-9-13(2)25-15(18)4/h5-9,11H,10H2,1-4H3. The summed E-state index contributed by atoms with van der Waals surface area (Å²) < 4.78 is 0. The molecule has 0 bridgehead atoms. The van der Waals surface area contributed by atoms with Gasteiger partial charge in [-0.2, -0.15) is 0 Å². The van der Waals surface area contributed by atoms with Gasteiger partial charge in [0, 0.05) is 49.5 Å². The van der Waals surface area contributed by atoms with Crippen molar-refractivity contribution >= 4 is 39.7 Å². The van der Waals surface area contributed by atoms with Gasteiger partial charge in [0.15, 0.2) is 0 Å². The molecule has 3 aromatic rings. The summed E-state index contributed by atoms with van der Waals surface area (Å²) in [6.45, 7) is 8.76. The highest BCUT2D eigenvalue weighted by molar-refractivity contribution is 7.12. The number of hydrogen-bond acceptors (Lipinski definition) is 4. The molecular formula is C21H20N2S2. The van der Waals surface area contributed by atoms with Gasteiger partial charge in [0.1, 0.15) is 0 Å². The maximum atomic E-state index is 5.08. The number of nitrogens with zero attached hydrogens (tertiary/aromatic N) is 2. The molecule has 0 fully saturated rings. The molecule has 1 aliphatic rings. The van der Waals surface area contributed by atoms with E-state index in [4.69, 9.17) is 4.99 Å². The number of rotatable bonds is 3. The second-order valence-electron chi connectivity index (χ2n) is 6.46. The van der Waals surface area contributed by atoms with Crippen molar-refractivity contribution < 1.29 is 0 Å². The van der Waals surface area contributed by atoms with Crippen molar-refractivity contribution in [3.8, 4) is 0 Å². The van der Waals surface area contributed by atoms with Crippen molar-refractivity contribution in [2.24, 2.45) is 4.99 Å². The van der Waals surface area contributed by atoms with Crippen LogP contribution in [0.3, 0.4) is 0 Å². The predicted octanol–water partition coefficient (Wildman–Crippen LogP) is 6.20. The molecule has 0 atom stereocenters. The van der Waals surface area contributed by atoms with Crippen LogP contribution in [0.1, 0.15) is 42.6 Å². The van der Waals surface area contributed by atoms with Crippen LogP contribution in [-0.4, -0.2) is 10.7 Å². The highest BCUT2D eigenvalue weighted by Crippen LogP contribution is 2.42. The van der Waals surface area contributed by atoms with Crippen LogP contribution in [0.15, 0.2) is 41.7 Å². The minimum atomic E-state index is 0.867. The number of aromatic nitrogens is 1. The van der Waals surface area contributed by atoms with Crippen molar-refractivity contribution in [2.45, 2.75) is 34.1 Å². The minimum Gasteiger partial charge on any atom is -0.264 e. The highest BCUT2D eigenvalue weighted by atomic mass is 32.1. The molecule has 0 N–H and O–H groups in total. The smallest absolute Gasteiger partial charge is 0.0759 e. The zero-order valence-corrected chi connectivity index (χ0v) is 16.5. The van der Waals surface area contributed by atoms with Crippen molar-refractivity contribution in [2.75, 3.05) is 0 Å². The Labute approximate surface area is 156 Å². The van der Waals surface area contributed by atoms with Crippen LogP contribution >= 0.6 is 22.7 Å². The summed E-state index contributed by atoms with van der Waals surface area (Å²) in [6, 6.07) is 8.67. The third-order valence-electron chi connectivity index (χ3n) is 4.53. The molecule has 0 aliphatic carbocycles. The summed E-state index contributed by atoms with van der Waals surface area (Å²) in [6.07, 6.45) is 4.59. The van der Waals surface area contributed by atoms with Crippen molar-refractivity contribution in [3.63, 3.8) is 0 Å². The number of thiophene rings is 2. The molecule has 0 saturated heterocycles. The lowest BCUT2D eigenvalue weighted by Gasteiger charge is -2.06. The fraction of sp³-hybridized carbons (Fsp3) is 0.238. The largest absolute Gasteiger partial charge is 0.264 e. The Kier molecular flexibility index (Phi) is 4.18. The van der Waals surface area contributed by atoms with Gasteiger partial charge in [0.2, 0.25) is 0 Å². The first-order chi connectivity index (χ1) is 12.0.